The van der Waals surface area contributed by atoms with Gasteiger partial charge in [-0.25, -0.2) is 0 Å². The minimum absolute atomic E-state index is 0.532. The van der Waals surface area contributed by atoms with Gasteiger partial charge in [-0.3, -0.25) is 0 Å². The van der Waals surface area contributed by atoms with Crippen molar-refractivity contribution in [3.63, 3.8) is 0 Å². The third-order valence-corrected chi connectivity index (χ3v) is 1.98. The van der Waals surface area contributed by atoms with Crippen molar-refractivity contribution in [1.29, 1.82) is 0 Å². The largest absolute Gasteiger partial charge is 0.374 e. The highest BCUT2D eigenvalue weighted by Crippen LogP contribution is 1.81. The molecule has 0 rings (SSSR count). The third-order valence-electron chi connectivity index (χ3n) is 1.56. The van der Waals surface area contributed by atoms with Crippen molar-refractivity contribution in [2.45, 2.75) is 20.8 Å². The molecule has 0 heterocycles. The van der Waals surface area contributed by atoms with Gasteiger partial charge in [0, 0.05) is 7.05 Å². The molecule has 0 bridgehead atoms. The topological polar surface area (TPSA) is 15.3 Å². The maximum Gasteiger partial charge on any atom is 0.130 e. The molecular weight excluding hydrogens is 188 g/mol. The van der Waals surface area contributed by atoms with Crippen LogP contribution in [0, 0.1) is 0 Å². The summed E-state index contributed by atoms with van der Waals surface area (Å²) < 4.78 is 0.532. The number of nitrogens with one attached hydrogen (secondary N) is 1. The van der Waals surface area contributed by atoms with Gasteiger partial charge < -0.3 is 10.2 Å². The summed E-state index contributed by atoms with van der Waals surface area (Å²) in [6, 6.07) is 0. The molecule has 0 radical (unpaired) electrons. The highest BCUT2D eigenvalue weighted by molar-refractivity contribution is 8.11. The molecule has 12 heavy (non-hydrogen) atoms. The normalized spacial score (nSPS) is 8.83. The molecule has 0 unspecified atom stereocenters. The first kappa shape index (κ1) is 14.7. The number of hydrogen-bond acceptors (Lipinski definition) is 2. The van der Waals surface area contributed by atoms with E-state index < -0.39 is 0 Å². The van der Waals surface area contributed by atoms with Gasteiger partial charge in [0.05, 0.1) is 0 Å². The summed E-state index contributed by atoms with van der Waals surface area (Å²) >= 11 is 8.17. The second-order valence-electron chi connectivity index (χ2n) is 2.17. The number of nitrogens with zero attached hydrogens (tertiary/aromatic N) is 1. The molecule has 0 atom stereocenters. The maximum absolute atomic E-state index is 4.45. The van der Waals surface area contributed by atoms with Crippen molar-refractivity contribution in [2.75, 3.05) is 26.7 Å². The fraction of sp³-hybridized carbons (Fsp3) is 0.875. The van der Waals surface area contributed by atoms with Crippen LogP contribution in [0.4, 0.5) is 0 Å². The Hall–Kier alpha value is 0.200. The SMILES string of the molecule is CCN(CC)CC.CNC(=S)S. The molecule has 2 nitrogen and oxygen atoms in total. The van der Waals surface area contributed by atoms with Crippen LogP contribution in [0.2, 0.25) is 0 Å². The first-order chi connectivity index (χ1) is 5.62. The van der Waals surface area contributed by atoms with E-state index in [1.807, 2.05) is 0 Å². The lowest BCUT2D eigenvalue weighted by Gasteiger charge is -2.13. The Balaban J connectivity index is 0. The molecule has 0 spiro atoms. The van der Waals surface area contributed by atoms with Gasteiger partial charge in [-0.15, -0.1) is 12.6 Å². The Morgan fingerprint density at radius 2 is 1.50 bits per heavy atom. The van der Waals surface area contributed by atoms with Crippen molar-refractivity contribution >= 4 is 29.2 Å². The summed E-state index contributed by atoms with van der Waals surface area (Å²) in [5.41, 5.74) is 0. The van der Waals surface area contributed by atoms with Crippen molar-refractivity contribution in [3.05, 3.63) is 0 Å². The Labute approximate surface area is 87.1 Å². The molecule has 0 aromatic rings. The summed E-state index contributed by atoms with van der Waals surface area (Å²) in [4.78, 5) is 2.38. The van der Waals surface area contributed by atoms with Gasteiger partial charge in [0.15, 0.2) is 0 Å². The fourth-order valence-electron chi connectivity index (χ4n) is 0.671. The molecule has 0 aromatic carbocycles. The molecule has 0 aliphatic heterocycles. The summed E-state index contributed by atoms with van der Waals surface area (Å²) in [6.45, 7) is 10.1. The monoisotopic (exact) mass is 208 g/mol. The average molecular weight is 208 g/mol. The van der Waals surface area contributed by atoms with Crippen LogP contribution in [0.5, 0.6) is 0 Å². The molecule has 0 amide bonds. The molecule has 0 aromatic heterocycles. The van der Waals surface area contributed by atoms with E-state index in [1.165, 1.54) is 19.6 Å². The van der Waals surface area contributed by atoms with E-state index in [1.54, 1.807) is 7.05 Å². The zero-order valence-corrected chi connectivity index (χ0v) is 10.1. The fourth-order valence-corrected chi connectivity index (χ4v) is 0.671. The minimum Gasteiger partial charge on any atom is -0.374 e. The number of hydrogen-bond donors (Lipinski definition) is 2. The zero-order valence-electron chi connectivity index (χ0n) is 8.42. The summed E-state index contributed by atoms with van der Waals surface area (Å²) in [7, 11) is 1.73. The molecule has 0 aliphatic carbocycles. The van der Waals surface area contributed by atoms with Crippen LogP contribution in [0.1, 0.15) is 20.8 Å². The molecule has 0 aliphatic rings. The van der Waals surface area contributed by atoms with Crippen LogP contribution in [0.25, 0.3) is 0 Å². The lowest BCUT2D eigenvalue weighted by atomic mass is 10.5. The van der Waals surface area contributed by atoms with E-state index in [-0.39, 0.29) is 0 Å². The summed E-state index contributed by atoms with van der Waals surface area (Å²) in [5.74, 6) is 0. The second-order valence-corrected chi connectivity index (χ2v) is 3.33. The van der Waals surface area contributed by atoms with Crippen LogP contribution in [0.3, 0.4) is 0 Å². The van der Waals surface area contributed by atoms with Gasteiger partial charge in [0.1, 0.15) is 4.32 Å². The van der Waals surface area contributed by atoms with Gasteiger partial charge in [-0.2, -0.15) is 0 Å². The molecule has 1 N–H and O–H groups in total. The van der Waals surface area contributed by atoms with E-state index >= 15 is 0 Å². The van der Waals surface area contributed by atoms with Gasteiger partial charge in [0.25, 0.3) is 0 Å². The Kier molecular flexibility index (Phi) is 13.7. The average Bonchev–Trinajstić information content (AvgIpc) is 2.09. The van der Waals surface area contributed by atoms with Gasteiger partial charge in [-0.05, 0) is 19.6 Å². The number of thiol groups is 1. The van der Waals surface area contributed by atoms with E-state index in [4.69, 9.17) is 0 Å². The van der Waals surface area contributed by atoms with Gasteiger partial charge >= 0.3 is 0 Å². The zero-order chi connectivity index (χ0) is 9.98. The Morgan fingerprint density at radius 3 is 1.50 bits per heavy atom. The third kappa shape index (κ3) is 12.8. The number of thiocarbonyl (C=S) groups is 1. The van der Waals surface area contributed by atoms with Crippen LogP contribution >= 0.6 is 24.8 Å². The van der Waals surface area contributed by atoms with Crippen molar-refractivity contribution in [3.8, 4) is 0 Å². The molecule has 0 saturated heterocycles. The highest BCUT2D eigenvalue weighted by Gasteiger charge is 1.89. The molecule has 74 valence electrons. The second kappa shape index (κ2) is 11.2. The van der Waals surface area contributed by atoms with Crippen LogP contribution in [-0.2, 0) is 0 Å². The summed E-state index contributed by atoms with van der Waals surface area (Å²) in [5, 5.41) is 2.62. The quantitative estimate of drug-likeness (QED) is 0.543. The van der Waals surface area contributed by atoms with Crippen molar-refractivity contribution in [1.82, 2.24) is 10.2 Å². The first-order valence-electron chi connectivity index (χ1n) is 4.25. The van der Waals surface area contributed by atoms with Gasteiger partial charge in [0.2, 0.25) is 0 Å². The molecular formula is C8H20N2S2. The first-order valence-corrected chi connectivity index (χ1v) is 5.10. The number of rotatable bonds is 3. The van der Waals surface area contributed by atoms with Crippen LogP contribution in [-0.4, -0.2) is 35.9 Å². The van der Waals surface area contributed by atoms with Gasteiger partial charge in [-0.1, -0.05) is 33.0 Å². The Bertz CT molecular complexity index is 97.7. The standard InChI is InChI=1S/C6H15N.C2H5NS2/c1-4-7(5-2)6-3;1-3-2(4)5/h4-6H2,1-3H3;1H3,(H2,3,4,5). The highest BCUT2D eigenvalue weighted by atomic mass is 32.1. The summed E-state index contributed by atoms with van der Waals surface area (Å²) in [6.07, 6.45) is 0. The van der Waals surface area contributed by atoms with Crippen molar-refractivity contribution in [2.24, 2.45) is 0 Å². The van der Waals surface area contributed by atoms with E-state index in [0.717, 1.165) is 0 Å². The minimum atomic E-state index is 0.532. The van der Waals surface area contributed by atoms with E-state index in [0.29, 0.717) is 4.32 Å². The Morgan fingerprint density at radius 1 is 1.25 bits per heavy atom. The lowest BCUT2D eigenvalue weighted by molar-refractivity contribution is 0.321. The molecule has 0 fully saturated rings. The molecule has 4 heteroatoms. The predicted molar refractivity (Wildman–Crippen MR) is 64.1 cm³/mol. The molecule has 0 saturated carbocycles. The maximum atomic E-state index is 4.45. The lowest BCUT2D eigenvalue weighted by Crippen LogP contribution is -2.21. The van der Waals surface area contributed by atoms with E-state index in [9.17, 15) is 0 Å². The smallest absolute Gasteiger partial charge is 0.130 e. The van der Waals surface area contributed by atoms with Crippen LogP contribution in [0.15, 0.2) is 0 Å². The predicted octanol–water partition coefficient (Wildman–Crippen LogP) is 1.77. The van der Waals surface area contributed by atoms with E-state index in [2.05, 4.69) is 55.8 Å². The van der Waals surface area contributed by atoms with Crippen molar-refractivity contribution < 1.29 is 0 Å². The van der Waals surface area contributed by atoms with Crippen LogP contribution < -0.4 is 5.32 Å².